The van der Waals surface area contributed by atoms with E-state index in [4.69, 9.17) is 4.74 Å². The first-order valence-corrected chi connectivity index (χ1v) is 7.82. The fraction of sp³-hybridized carbons (Fsp3) is 0.357. The zero-order valence-electron chi connectivity index (χ0n) is 11.5. The summed E-state index contributed by atoms with van der Waals surface area (Å²) in [7, 11) is 0. The standard InChI is InChI=1S/C14H17N3O2S/c1-3-19-14(18)13-12(15-8-9-20-2)10-6-4-5-7-11(10)16-17-13/h4-7H,3,8-9H2,1-2H3,(H,15,16). The third-order valence-corrected chi connectivity index (χ3v) is 3.36. The Bertz CT molecular complexity index is 604. The van der Waals surface area contributed by atoms with Crippen molar-refractivity contribution in [1.82, 2.24) is 10.2 Å². The lowest BCUT2D eigenvalue weighted by Gasteiger charge is -2.12. The number of nitrogens with zero attached hydrogens (tertiary/aromatic N) is 2. The summed E-state index contributed by atoms with van der Waals surface area (Å²) in [6.07, 6.45) is 2.04. The van der Waals surface area contributed by atoms with Crippen LogP contribution in [0, 0.1) is 0 Å². The maximum Gasteiger partial charge on any atom is 0.361 e. The molecular weight excluding hydrogens is 274 g/mol. The van der Waals surface area contributed by atoms with Gasteiger partial charge in [-0.3, -0.25) is 0 Å². The number of thioether (sulfide) groups is 1. The first kappa shape index (κ1) is 14.6. The molecule has 2 rings (SSSR count). The smallest absolute Gasteiger partial charge is 0.361 e. The van der Waals surface area contributed by atoms with Gasteiger partial charge >= 0.3 is 5.97 Å². The molecule has 0 fully saturated rings. The highest BCUT2D eigenvalue weighted by atomic mass is 32.2. The number of hydrogen-bond acceptors (Lipinski definition) is 6. The zero-order valence-corrected chi connectivity index (χ0v) is 12.4. The van der Waals surface area contributed by atoms with Gasteiger partial charge in [-0.05, 0) is 19.2 Å². The van der Waals surface area contributed by atoms with Gasteiger partial charge in [0, 0.05) is 17.7 Å². The van der Waals surface area contributed by atoms with Gasteiger partial charge in [-0.2, -0.15) is 11.8 Å². The van der Waals surface area contributed by atoms with Crippen LogP contribution in [0.2, 0.25) is 0 Å². The number of anilines is 1. The molecule has 1 aromatic carbocycles. The van der Waals surface area contributed by atoms with Gasteiger partial charge in [0.1, 0.15) is 0 Å². The van der Waals surface area contributed by atoms with Crippen LogP contribution in [0.3, 0.4) is 0 Å². The fourth-order valence-electron chi connectivity index (χ4n) is 1.85. The van der Waals surface area contributed by atoms with Crippen LogP contribution in [-0.4, -0.2) is 41.3 Å². The van der Waals surface area contributed by atoms with E-state index in [1.165, 1.54) is 0 Å². The third kappa shape index (κ3) is 3.19. The van der Waals surface area contributed by atoms with E-state index in [0.717, 1.165) is 23.2 Å². The van der Waals surface area contributed by atoms with E-state index < -0.39 is 5.97 Å². The minimum Gasteiger partial charge on any atom is -0.461 e. The van der Waals surface area contributed by atoms with Crippen molar-refractivity contribution in [2.75, 3.05) is 30.5 Å². The summed E-state index contributed by atoms with van der Waals surface area (Å²) in [6, 6.07) is 7.61. The summed E-state index contributed by atoms with van der Waals surface area (Å²) >= 11 is 1.74. The topological polar surface area (TPSA) is 64.1 Å². The second-order valence-electron chi connectivity index (χ2n) is 4.08. The molecule has 0 spiro atoms. The second-order valence-corrected chi connectivity index (χ2v) is 5.07. The molecule has 20 heavy (non-hydrogen) atoms. The predicted molar refractivity (Wildman–Crippen MR) is 82.4 cm³/mol. The molecule has 0 bridgehead atoms. The normalized spacial score (nSPS) is 10.5. The molecule has 0 unspecified atom stereocenters. The number of esters is 1. The Balaban J connectivity index is 2.44. The molecule has 0 aliphatic rings. The molecule has 2 aromatic rings. The molecule has 106 valence electrons. The molecule has 1 aromatic heterocycles. The average molecular weight is 291 g/mol. The zero-order chi connectivity index (χ0) is 14.4. The average Bonchev–Trinajstić information content (AvgIpc) is 2.47. The van der Waals surface area contributed by atoms with Gasteiger partial charge in [0.25, 0.3) is 0 Å². The first-order chi connectivity index (χ1) is 9.77. The summed E-state index contributed by atoms with van der Waals surface area (Å²) in [6.45, 7) is 2.84. The van der Waals surface area contributed by atoms with Gasteiger partial charge in [-0.1, -0.05) is 18.2 Å². The Kier molecular flexibility index (Phi) is 5.17. The summed E-state index contributed by atoms with van der Waals surface area (Å²) in [4.78, 5) is 12.0. The molecule has 0 radical (unpaired) electrons. The van der Waals surface area contributed by atoms with Crippen molar-refractivity contribution in [3.63, 3.8) is 0 Å². The molecule has 0 aliphatic heterocycles. The molecule has 5 nitrogen and oxygen atoms in total. The van der Waals surface area contributed by atoms with Crippen LogP contribution in [-0.2, 0) is 4.74 Å². The Morgan fingerprint density at radius 1 is 1.35 bits per heavy atom. The molecule has 1 heterocycles. The van der Waals surface area contributed by atoms with E-state index >= 15 is 0 Å². The highest BCUT2D eigenvalue weighted by molar-refractivity contribution is 7.98. The number of ether oxygens (including phenoxy) is 1. The van der Waals surface area contributed by atoms with Crippen LogP contribution in [0.4, 0.5) is 5.69 Å². The number of aromatic nitrogens is 2. The van der Waals surface area contributed by atoms with Gasteiger partial charge in [0.05, 0.1) is 17.8 Å². The fourth-order valence-corrected chi connectivity index (χ4v) is 2.16. The number of benzene rings is 1. The lowest BCUT2D eigenvalue weighted by molar-refractivity contribution is 0.0519. The number of carbonyl (C=O) groups is 1. The quantitative estimate of drug-likeness (QED) is 0.652. The molecular formula is C14H17N3O2S. The number of carbonyl (C=O) groups excluding carboxylic acids is 1. The van der Waals surface area contributed by atoms with E-state index in [2.05, 4.69) is 15.5 Å². The SMILES string of the molecule is CCOC(=O)c1nnc2ccccc2c1NCCSC. The summed E-state index contributed by atoms with van der Waals surface area (Å²) in [5.41, 5.74) is 1.70. The lowest BCUT2D eigenvalue weighted by Crippen LogP contribution is -2.15. The predicted octanol–water partition coefficient (Wildman–Crippen LogP) is 2.58. The number of hydrogen-bond donors (Lipinski definition) is 1. The van der Waals surface area contributed by atoms with Gasteiger partial charge in [0.15, 0.2) is 5.69 Å². The second kappa shape index (κ2) is 7.09. The van der Waals surface area contributed by atoms with Crippen LogP contribution in [0.5, 0.6) is 0 Å². The van der Waals surface area contributed by atoms with E-state index in [-0.39, 0.29) is 5.69 Å². The summed E-state index contributed by atoms with van der Waals surface area (Å²) in [5, 5.41) is 12.2. The summed E-state index contributed by atoms with van der Waals surface area (Å²) < 4.78 is 5.04. The minimum absolute atomic E-state index is 0.242. The van der Waals surface area contributed by atoms with Crippen molar-refractivity contribution in [3.05, 3.63) is 30.0 Å². The number of fused-ring (bicyclic) bond motifs is 1. The molecule has 0 saturated heterocycles. The van der Waals surface area contributed by atoms with E-state index in [1.807, 2.05) is 30.5 Å². The molecule has 1 N–H and O–H groups in total. The van der Waals surface area contributed by atoms with E-state index in [0.29, 0.717) is 12.3 Å². The Labute approximate surface area is 122 Å². The van der Waals surface area contributed by atoms with Crippen molar-refractivity contribution in [2.24, 2.45) is 0 Å². The molecule has 0 amide bonds. The maximum atomic E-state index is 12.0. The van der Waals surface area contributed by atoms with Gasteiger partial charge in [-0.25, -0.2) is 4.79 Å². The number of nitrogens with one attached hydrogen (secondary N) is 1. The van der Waals surface area contributed by atoms with Crippen LogP contribution < -0.4 is 5.32 Å². The third-order valence-electron chi connectivity index (χ3n) is 2.74. The number of rotatable bonds is 6. The first-order valence-electron chi connectivity index (χ1n) is 6.43. The Morgan fingerprint density at radius 3 is 2.90 bits per heavy atom. The molecule has 6 heteroatoms. The Hall–Kier alpha value is -1.82. The van der Waals surface area contributed by atoms with Crippen molar-refractivity contribution < 1.29 is 9.53 Å². The van der Waals surface area contributed by atoms with Gasteiger partial charge in [-0.15, -0.1) is 10.2 Å². The molecule has 0 aliphatic carbocycles. The van der Waals surface area contributed by atoms with Crippen LogP contribution in [0.15, 0.2) is 24.3 Å². The van der Waals surface area contributed by atoms with Crippen LogP contribution in [0.25, 0.3) is 10.9 Å². The van der Waals surface area contributed by atoms with Crippen LogP contribution >= 0.6 is 11.8 Å². The maximum absolute atomic E-state index is 12.0. The van der Waals surface area contributed by atoms with Gasteiger partial charge in [0.2, 0.25) is 0 Å². The van der Waals surface area contributed by atoms with Crippen LogP contribution in [0.1, 0.15) is 17.4 Å². The van der Waals surface area contributed by atoms with E-state index in [1.54, 1.807) is 18.7 Å². The lowest BCUT2D eigenvalue weighted by atomic mass is 10.1. The van der Waals surface area contributed by atoms with Crippen molar-refractivity contribution in [3.8, 4) is 0 Å². The highest BCUT2D eigenvalue weighted by Gasteiger charge is 2.18. The molecule has 0 atom stereocenters. The largest absolute Gasteiger partial charge is 0.461 e. The Morgan fingerprint density at radius 2 is 2.15 bits per heavy atom. The molecule has 0 saturated carbocycles. The minimum atomic E-state index is -0.447. The summed E-state index contributed by atoms with van der Waals surface area (Å²) in [5.74, 6) is 0.497. The van der Waals surface area contributed by atoms with Crippen molar-refractivity contribution >= 4 is 34.3 Å². The van der Waals surface area contributed by atoms with Crippen molar-refractivity contribution in [2.45, 2.75) is 6.92 Å². The van der Waals surface area contributed by atoms with E-state index in [9.17, 15) is 4.79 Å². The van der Waals surface area contributed by atoms with Gasteiger partial charge < -0.3 is 10.1 Å². The highest BCUT2D eigenvalue weighted by Crippen LogP contribution is 2.24. The monoisotopic (exact) mass is 291 g/mol. The van der Waals surface area contributed by atoms with Crippen molar-refractivity contribution in [1.29, 1.82) is 0 Å².